The largest absolute Gasteiger partial charge is 0.460 e. The van der Waals surface area contributed by atoms with E-state index in [0.29, 0.717) is 0 Å². The van der Waals surface area contributed by atoms with Gasteiger partial charge in [-0.05, 0) is 6.07 Å². The molecule has 2 aromatic rings. The Balaban J connectivity index is 2.04. The standard InChI is InChI=1S/C18H17FN2O10/c1-28-17(27)13(21-20)7-3-12(23)29-9-4-10(8(19)2-6(7)9)30-18-16(26)15(25)14(24)11(5-22)31-18/h2-4,11,14-16,18,22,24-26H,5H2,1H3/t11-,14+,15+,16-,18-/m1/s1. The Labute approximate surface area is 172 Å². The van der Waals surface area contributed by atoms with Crippen LogP contribution < -0.4 is 10.4 Å². The Morgan fingerprint density at radius 2 is 1.94 bits per heavy atom. The monoisotopic (exact) mass is 440 g/mol. The lowest BCUT2D eigenvalue weighted by Crippen LogP contribution is -2.60. The highest BCUT2D eigenvalue weighted by atomic mass is 19.1. The molecular formula is C18H17FN2O10. The van der Waals surface area contributed by atoms with Crippen molar-refractivity contribution >= 4 is 22.7 Å². The van der Waals surface area contributed by atoms with E-state index in [2.05, 4.69) is 9.53 Å². The molecule has 0 unspecified atom stereocenters. The summed E-state index contributed by atoms with van der Waals surface area (Å²) in [6, 6.07) is 2.51. The van der Waals surface area contributed by atoms with Crippen LogP contribution in [0.1, 0.15) is 5.56 Å². The van der Waals surface area contributed by atoms with Crippen molar-refractivity contribution in [1.29, 1.82) is 0 Å². The third-order valence-electron chi connectivity index (χ3n) is 4.62. The normalized spacial score (nSPS) is 25.7. The molecule has 3 rings (SSSR count). The summed E-state index contributed by atoms with van der Waals surface area (Å²) in [7, 11) is 1.01. The Morgan fingerprint density at radius 1 is 1.23 bits per heavy atom. The summed E-state index contributed by atoms with van der Waals surface area (Å²) >= 11 is 0. The highest BCUT2D eigenvalue weighted by Crippen LogP contribution is 2.30. The van der Waals surface area contributed by atoms with E-state index in [1.165, 1.54) is 0 Å². The van der Waals surface area contributed by atoms with Crippen LogP contribution >= 0.6 is 0 Å². The first-order valence-corrected chi connectivity index (χ1v) is 8.77. The number of carbonyl (C=O) groups excluding carboxylic acids is 1. The van der Waals surface area contributed by atoms with Crippen LogP contribution in [-0.4, -0.2) is 81.3 Å². The zero-order valence-electron chi connectivity index (χ0n) is 15.8. The predicted octanol–water partition coefficient (Wildman–Crippen LogP) is -1.70. The van der Waals surface area contributed by atoms with Gasteiger partial charge in [0, 0.05) is 17.5 Å². The molecule has 0 saturated carbocycles. The fraction of sp³-hybridized carbons (Fsp3) is 0.389. The molecule has 5 atom stereocenters. The van der Waals surface area contributed by atoms with E-state index in [4.69, 9.17) is 19.4 Å². The topological polar surface area (TPSA) is 192 Å². The average molecular weight is 440 g/mol. The number of aliphatic hydroxyl groups is 4. The summed E-state index contributed by atoms with van der Waals surface area (Å²) in [6.07, 6.45) is -8.19. The number of hydrogen-bond acceptors (Lipinski definition) is 10. The van der Waals surface area contributed by atoms with Crippen LogP contribution in [-0.2, 0) is 14.3 Å². The number of hydrogen-bond donors (Lipinski definition) is 4. The number of fused-ring (bicyclic) bond motifs is 1. The second-order valence-corrected chi connectivity index (χ2v) is 6.51. The van der Waals surface area contributed by atoms with Gasteiger partial charge in [-0.25, -0.2) is 14.0 Å². The summed E-state index contributed by atoms with van der Waals surface area (Å²) in [5, 5.41) is 38.7. The van der Waals surface area contributed by atoms with Gasteiger partial charge in [0.05, 0.1) is 19.3 Å². The van der Waals surface area contributed by atoms with Crippen LogP contribution in [0.2, 0.25) is 0 Å². The van der Waals surface area contributed by atoms with Gasteiger partial charge < -0.3 is 44.6 Å². The number of methoxy groups -OCH3 is 1. The van der Waals surface area contributed by atoms with Crippen molar-refractivity contribution in [2.45, 2.75) is 30.7 Å². The van der Waals surface area contributed by atoms with Gasteiger partial charge in [-0.15, -0.1) is 0 Å². The summed E-state index contributed by atoms with van der Waals surface area (Å²) in [6.45, 7) is -0.722. The molecule has 1 aliphatic rings. The molecule has 0 amide bonds. The number of carbonyl (C=O) groups is 1. The minimum absolute atomic E-state index is 0.142. The summed E-state index contributed by atoms with van der Waals surface area (Å²) in [5.41, 5.74) is 6.91. The molecule has 2 heterocycles. The Kier molecular flexibility index (Phi) is 6.45. The quantitative estimate of drug-likeness (QED) is 0.137. The van der Waals surface area contributed by atoms with Gasteiger partial charge >= 0.3 is 17.3 Å². The van der Waals surface area contributed by atoms with Crippen LogP contribution in [0.15, 0.2) is 27.4 Å². The van der Waals surface area contributed by atoms with E-state index in [1.807, 2.05) is 0 Å². The third kappa shape index (κ3) is 4.18. The van der Waals surface area contributed by atoms with Gasteiger partial charge in [-0.1, -0.05) is 0 Å². The van der Waals surface area contributed by atoms with Crippen molar-refractivity contribution < 1.29 is 53.0 Å². The second-order valence-electron chi connectivity index (χ2n) is 6.51. The molecule has 0 radical (unpaired) electrons. The molecule has 0 aliphatic carbocycles. The lowest BCUT2D eigenvalue weighted by atomic mass is 9.99. The molecule has 1 aromatic carbocycles. The number of esters is 1. The molecular weight excluding hydrogens is 423 g/mol. The highest BCUT2D eigenvalue weighted by molar-refractivity contribution is 6.42. The van der Waals surface area contributed by atoms with Crippen LogP contribution in [0.4, 0.5) is 4.39 Å². The van der Waals surface area contributed by atoms with Crippen molar-refractivity contribution in [3.05, 3.63) is 45.5 Å². The molecule has 1 saturated heterocycles. The van der Waals surface area contributed by atoms with Crippen molar-refractivity contribution in [2.75, 3.05) is 13.7 Å². The van der Waals surface area contributed by atoms with Crippen LogP contribution in [0.3, 0.4) is 0 Å². The summed E-state index contributed by atoms with van der Waals surface area (Å²) < 4.78 is 34.5. The summed E-state index contributed by atoms with van der Waals surface area (Å²) in [5.74, 6) is -2.75. The van der Waals surface area contributed by atoms with Gasteiger partial charge in [-0.2, -0.15) is 4.79 Å². The van der Waals surface area contributed by atoms with E-state index < -0.39 is 66.2 Å². The van der Waals surface area contributed by atoms with Crippen molar-refractivity contribution in [3.8, 4) is 5.75 Å². The van der Waals surface area contributed by atoms with Gasteiger partial charge in [0.1, 0.15) is 30.0 Å². The van der Waals surface area contributed by atoms with Crippen LogP contribution in [0.25, 0.3) is 16.5 Å². The first-order valence-electron chi connectivity index (χ1n) is 8.77. The first kappa shape index (κ1) is 22.5. The Bertz CT molecular complexity index is 1110. The zero-order valence-corrected chi connectivity index (χ0v) is 15.8. The molecule has 13 heteroatoms. The zero-order chi connectivity index (χ0) is 22.9. The number of ether oxygens (including phenoxy) is 3. The lowest BCUT2D eigenvalue weighted by molar-refractivity contribution is -0.277. The van der Waals surface area contributed by atoms with Crippen molar-refractivity contribution in [2.24, 2.45) is 0 Å². The minimum atomic E-state index is -1.81. The molecule has 4 N–H and O–H groups in total. The Hall–Kier alpha value is -3.19. The molecule has 0 spiro atoms. The number of aliphatic hydroxyl groups excluding tert-OH is 4. The fourth-order valence-electron chi connectivity index (χ4n) is 3.04. The van der Waals surface area contributed by atoms with Crippen molar-refractivity contribution in [3.63, 3.8) is 0 Å². The molecule has 1 aromatic heterocycles. The first-order chi connectivity index (χ1) is 14.7. The number of benzene rings is 1. The van der Waals surface area contributed by atoms with Gasteiger partial charge in [0.2, 0.25) is 6.29 Å². The maximum Gasteiger partial charge on any atom is 0.422 e. The predicted molar refractivity (Wildman–Crippen MR) is 96.6 cm³/mol. The Morgan fingerprint density at radius 3 is 2.55 bits per heavy atom. The van der Waals surface area contributed by atoms with E-state index in [1.54, 1.807) is 0 Å². The molecule has 31 heavy (non-hydrogen) atoms. The lowest BCUT2D eigenvalue weighted by Gasteiger charge is -2.39. The molecule has 166 valence electrons. The minimum Gasteiger partial charge on any atom is -0.460 e. The van der Waals surface area contributed by atoms with Crippen molar-refractivity contribution in [1.82, 2.24) is 0 Å². The van der Waals surface area contributed by atoms with E-state index >= 15 is 0 Å². The number of halogens is 1. The smallest absolute Gasteiger partial charge is 0.422 e. The maximum absolute atomic E-state index is 14.7. The maximum atomic E-state index is 14.7. The highest BCUT2D eigenvalue weighted by Gasteiger charge is 2.45. The molecule has 1 fully saturated rings. The third-order valence-corrected chi connectivity index (χ3v) is 4.62. The van der Waals surface area contributed by atoms with Crippen LogP contribution in [0.5, 0.6) is 5.75 Å². The van der Waals surface area contributed by atoms with E-state index in [0.717, 1.165) is 25.3 Å². The second kappa shape index (κ2) is 8.89. The molecule has 12 nitrogen and oxygen atoms in total. The van der Waals surface area contributed by atoms with E-state index in [-0.39, 0.29) is 16.5 Å². The SMILES string of the molecule is COC(=O)C(=[N+]=[N-])c1cc(=O)oc2cc(O[C@@H]3O[C@H](CO)[C@H](O)[C@H](O)[C@H]3O)c(F)cc12. The molecule has 0 bridgehead atoms. The van der Waals surface area contributed by atoms with E-state index in [9.17, 15) is 34.4 Å². The average Bonchev–Trinajstić information content (AvgIpc) is 2.75. The van der Waals surface area contributed by atoms with Gasteiger partial charge in [0.15, 0.2) is 11.6 Å². The van der Waals surface area contributed by atoms with Gasteiger partial charge in [-0.3, -0.25) is 0 Å². The van der Waals surface area contributed by atoms with Gasteiger partial charge in [0.25, 0.3) is 0 Å². The molecule has 1 aliphatic heterocycles. The fourth-order valence-corrected chi connectivity index (χ4v) is 3.04. The van der Waals surface area contributed by atoms with Crippen LogP contribution in [0, 0.1) is 5.82 Å². The number of nitrogens with zero attached hydrogens (tertiary/aromatic N) is 2. The number of rotatable bonds is 5. The summed E-state index contributed by atoms with van der Waals surface area (Å²) in [4.78, 5) is 26.5.